The van der Waals surface area contributed by atoms with Crippen LogP contribution in [0.2, 0.25) is 0 Å². The lowest BCUT2D eigenvalue weighted by molar-refractivity contribution is 0.0590. The molecular weight excluding hydrogens is 386 g/mol. The Morgan fingerprint density at radius 1 is 1.32 bits per heavy atom. The first kappa shape index (κ1) is 19.8. The summed E-state index contributed by atoms with van der Waals surface area (Å²) >= 11 is 0.903. The molecule has 10 heteroatoms. The average molecular weight is 404 g/mol. The predicted molar refractivity (Wildman–Crippen MR) is 96.6 cm³/mol. The van der Waals surface area contributed by atoms with Crippen molar-refractivity contribution in [3.63, 3.8) is 0 Å². The van der Waals surface area contributed by atoms with Gasteiger partial charge >= 0.3 is 5.97 Å². The Morgan fingerprint density at radius 3 is 2.64 bits per heavy atom. The van der Waals surface area contributed by atoms with E-state index in [4.69, 9.17) is 5.73 Å². The van der Waals surface area contributed by atoms with Crippen molar-refractivity contribution >= 4 is 39.7 Å². The summed E-state index contributed by atoms with van der Waals surface area (Å²) in [5, 5.41) is 0. The lowest BCUT2D eigenvalue weighted by atomic mass is 9.95. The highest BCUT2D eigenvalue weighted by molar-refractivity contribution is 7.91. The highest BCUT2D eigenvalue weighted by Crippen LogP contribution is 2.32. The number of aromatic nitrogens is 1. The van der Waals surface area contributed by atoms with Crippen LogP contribution in [0.25, 0.3) is 0 Å². The van der Waals surface area contributed by atoms with Crippen LogP contribution < -0.4 is 5.73 Å². The molecule has 136 valence electrons. The summed E-state index contributed by atoms with van der Waals surface area (Å²) < 4.78 is 31.6. The van der Waals surface area contributed by atoms with Crippen LogP contribution >= 0.6 is 23.7 Å². The van der Waals surface area contributed by atoms with Crippen molar-refractivity contribution < 1.29 is 17.9 Å². The van der Waals surface area contributed by atoms with Crippen molar-refractivity contribution in [2.24, 2.45) is 5.73 Å². The van der Waals surface area contributed by atoms with E-state index in [2.05, 4.69) is 9.72 Å². The van der Waals surface area contributed by atoms with Crippen LogP contribution in [0.15, 0.2) is 40.1 Å². The van der Waals surface area contributed by atoms with Crippen molar-refractivity contribution in [3.05, 3.63) is 47.1 Å². The first-order valence-electron chi connectivity index (χ1n) is 7.27. The average Bonchev–Trinajstić information content (AvgIpc) is 3.22. The molecule has 1 fully saturated rings. The largest absolute Gasteiger partial charge is 0.464 e. The third-order valence-corrected chi connectivity index (χ3v) is 7.23. The maximum atomic E-state index is 12.9. The number of hydrogen-bond donors (Lipinski definition) is 1. The fourth-order valence-electron chi connectivity index (χ4n) is 2.81. The highest BCUT2D eigenvalue weighted by Gasteiger charge is 2.40. The predicted octanol–water partition coefficient (Wildman–Crippen LogP) is 1.47. The second-order valence-corrected chi connectivity index (χ2v) is 8.47. The molecule has 0 spiro atoms. The number of carbonyl (C=O) groups is 1. The van der Waals surface area contributed by atoms with Gasteiger partial charge < -0.3 is 10.5 Å². The van der Waals surface area contributed by atoms with E-state index in [1.807, 2.05) is 30.3 Å². The number of halogens is 1. The second kappa shape index (κ2) is 7.79. The summed E-state index contributed by atoms with van der Waals surface area (Å²) in [6.45, 7) is 0.465. The molecule has 3 rings (SSSR count). The van der Waals surface area contributed by atoms with E-state index in [1.54, 1.807) is 0 Å². The Labute approximate surface area is 156 Å². The molecule has 1 aromatic carbocycles. The van der Waals surface area contributed by atoms with Gasteiger partial charge in [-0.25, -0.2) is 18.2 Å². The van der Waals surface area contributed by atoms with Gasteiger partial charge in [0.2, 0.25) is 0 Å². The highest BCUT2D eigenvalue weighted by atomic mass is 35.5. The summed E-state index contributed by atoms with van der Waals surface area (Å²) in [5.74, 6) is -0.853. The number of rotatable bonds is 4. The van der Waals surface area contributed by atoms with Crippen LogP contribution in [0.4, 0.5) is 0 Å². The zero-order valence-corrected chi connectivity index (χ0v) is 15.8. The van der Waals surface area contributed by atoms with Gasteiger partial charge in [-0.05, 0) is 5.56 Å². The van der Waals surface area contributed by atoms with Crippen LogP contribution in [0, 0.1) is 0 Å². The third kappa shape index (κ3) is 3.70. The van der Waals surface area contributed by atoms with Crippen LogP contribution in [0.3, 0.4) is 0 Å². The standard InChI is InChI=1S/C15H17N3O4S2.ClH/c1-22-14(19)13-15(23-9-17-13)24(20,21)18-7-11(12(16)8-18)10-5-3-2-4-6-10;/h2-6,9,11-12H,7-8,16H2,1H3;1H/t11-,12+;/m0./s1. The summed E-state index contributed by atoms with van der Waals surface area (Å²) in [5.41, 5.74) is 8.31. The van der Waals surface area contributed by atoms with E-state index >= 15 is 0 Å². The summed E-state index contributed by atoms with van der Waals surface area (Å²) in [7, 11) is -2.66. The molecule has 2 heterocycles. The van der Waals surface area contributed by atoms with Crippen LogP contribution in [-0.2, 0) is 14.8 Å². The van der Waals surface area contributed by atoms with Gasteiger partial charge in [0, 0.05) is 25.0 Å². The maximum Gasteiger partial charge on any atom is 0.358 e. The maximum absolute atomic E-state index is 12.9. The first-order valence-corrected chi connectivity index (χ1v) is 9.59. The number of hydrogen-bond acceptors (Lipinski definition) is 7. The molecule has 0 aliphatic carbocycles. The van der Waals surface area contributed by atoms with Crippen molar-refractivity contribution in [1.29, 1.82) is 0 Å². The molecule has 1 aliphatic heterocycles. The van der Waals surface area contributed by atoms with Crippen LogP contribution in [-0.4, -0.2) is 49.9 Å². The van der Waals surface area contributed by atoms with Gasteiger partial charge in [-0.3, -0.25) is 0 Å². The summed E-state index contributed by atoms with van der Waals surface area (Å²) in [6, 6.07) is 9.27. The van der Waals surface area contributed by atoms with Gasteiger partial charge in [0.25, 0.3) is 10.0 Å². The van der Waals surface area contributed by atoms with E-state index in [0.717, 1.165) is 16.9 Å². The topological polar surface area (TPSA) is 103 Å². The molecule has 1 saturated heterocycles. The molecule has 0 amide bonds. The Hall–Kier alpha value is -1.52. The van der Waals surface area contributed by atoms with Gasteiger partial charge in [0.1, 0.15) is 0 Å². The summed E-state index contributed by atoms with van der Waals surface area (Å²) in [4.78, 5) is 15.5. The van der Waals surface area contributed by atoms with Crippen LogP contribution in [0.5, 0.6) is 0 Å². The number of ether oxygens (including phenoxy) is 1. The summed E-state index contributed by atoms with van der Waals surface area (Å²) in [6.07, 6.45) is 0. The van der Waals surface area contributed by atoms with Crippen molar-refractivity contribution in [3.8, 4) is 0 Å². The van der Waals surface area contributed by atoms with Crippen molar-refractivity contribution in [2.45, 2.75) is 16.2 Å². The normalized spacial score (nSPS) is 20.9. The number of nitrogens with zero attached hydrogens (tertiary/aromatic N) is 2. The molecule has 25 heavy (non-hydrogen) atoms. The smallest absolute Gasteiger partial charge is 0.358 e. The molecule has 1 aromatic heterocycles. The minimum atomic E-state index is -3.85. The van der Waals surface area contributed by atoms with E-state index in [0.29, 0.717) is 0 Å². The van der Waals surface area contributed by atoms with Gasteiger partial charge in [-0.15, -0.1) is 23.7 Å². The monoisotopic (exact) mass is 403 g/mol. The van der Waals surface area contributed by atoms with E-state index < -0.39 is 16.0 Å². The first-order chi connectivity index (χ1) is 11.4. The minimum absolute atomic E-state index is 0. The lowest BCUT2D eigenvalue weighted by Gasteiger charge is -2.16. The Balaban J connectivity index is 0.00000225. The van der Waals surface area contributed by atoms with E-state index in [1.165, 1.54) is 16.9 Å². The zero-order chi connectivity index (χ0) is 17.3. The van der Waals surface area contributed by atoms with E-state index in [9.17, 15) is 13.2 Å². The van der Waals surface area contributed by atoms with E-state index in [-0.39, 0.29) is 47.4 Å². The van der Waals surface area contributed by atoms with Gasteiger partial charge in [0.05, 0.1) is 12.6 Å². The zero-order valence-electron chi connectivity index (χ0n) is 13.4. The van der Waals surface area contributed by atoms with Crippen molar-refractivity contribution in [1.82, 2.24) is 9.29 Å². The molecule has 0 bridgehead atoms. The molecular formula is C15H18ClN3O4S2. The number of carbonyl (C=O) groups excluding carboxylic acids is 1. The molecule has 0 unspecified atom stereocenters. The molecule has 2 atom stereocenters. The van der Waals surface area contributed by atoms with Crippen molar-refractivity contribution in [2.75, 3.05) is 20.2 Å². The lowest BCUT2D eigenvalue weighted by Crippen LogP contribution is -2.32. The van der Waals surface area contributed by atoms with Gasteiger partial charge in [-0.1, -0.05) is 30.3 Å². The fraction of sp³-hybridized carbons (Fsp3) is 0.333. The van der Waals surface area contributed by atoms with Gasteiger partial charge in [-0.2, -0.15) is 4.31 Å². The number of thiazole rings is 1. The second-order valence-electron chi connectivity index (χ2n) is 5.48. The Morgan fingerprint density at radius 2 is 2.00 bits per heavy atom. The Kier molecular flexibility index (Phi) is 6.17. The molecule has 2 aromatic rings. The SMILES string of the molecule is COC(=O)c1ncsc1S(=O)(=O)N1C[C@@H](N)[C@H](c2ccccc2)C1.Cl. The number of benzene rings is 1. The third-order valence-electron chi connectivity index (χ3n) is 4.05. The van der Waals surface area contributed by atoms with Gasteiger partial charge in [0.15, 0.2) is 9.90 Å². The number of esters is 1. The quantitative estimate of drug-likeness (QED) is 0.775. The molecule has 1 aliphatic rings. The molecule has 0 radical (unpaired) electrons. The number of sulfonamides is 1. The molecule has 2 N–H and O–H groups in total. The minimum Gasteiger partial charge on any atom is -0.464 e. The molecule has 0 saturated carbocycles. The van der Waals surface area contributed by atoms with Crippen LogP contribution in [0.1, 0.15) is 22.0 Å². The number of nitrogens with two attached hydrogens (primary N) is 1. The Bertz CT molecular complexity index is 841. The fourth-order valence-corrected chi connectivity index (χ4v) is 5.58. The molecule has 7 nitrogen and oxygen atoms in total. The number of methoxy groups -OCH3 is 1.